The third kappa shape index (κ3) is 3.05. The highest BCUT2D eigenvalue weighted by Gasteiger charge is 2.35. The highest BCUT2D eigenvalue weighted by molar-refractivity contribution is 5.98. The molecule has 2 atom stereocenters. The number of hydrogen-bond donors (Lipinski definition) is 2. The van der Waals surface area contributed by atoms with Gasteiger partial charge in [0.1, 0.15) is 11.5 Å². The first-order chi connectivity index (χ1) is 12.0. The number of H-pyrrole nitrogens is 1. The van der Waals surface area contributed by atoms with Crippen molar-refractivity contribution in [3.63, 3.8) is 0 Å². The Balaban J connectivity index is 1.50. The summed E-state index contributed by atoms with van der Waals surface area (Å²) in [6.07, 6.45) is 0.0264. The van der Waals surface area contributed by atoms with Crippen molar-refractivity contribution >= 4 is 16.8 Å². The number of aryl methyl sites for hydroxylation is 2. The fourth-order valence-corrected chi connectivity index (χ4v) is 3.53. The molecule has 3 heterocycles. The van der Waals surface area contributed by atoms with Crippen molar-refractivity contribution in [2.75, 3.05) is 13.1 Å². The second kappa shape index (κ2) is 6.04. The molecule has 4 rings (SSSR count). The molecule has 1 amide bonds. The van der Waals surface area contributed by atoms with Crippen LogP contribution in [0.15, 0.2) is 34.9 Å². The van der Waals surface area contributed by atoms with E-state index in [4.69, 9.17) is 4.52 Å². The Morgan fingerprint density at radius 2 is 2.16 bits per heavy atom. The predicted molar refractivity (Wildman–Crippen MR) is 93.4 cm³/mol. The molecule has 6 heteroatoms. The first-order valence-electron chi connectivity index (χ1n) is 8.48. The van der Waals surface area contributed by atoms with Crippen molar-refractivity contribution in [3.05, 3.63) is 53.0 Å². The minimum Gasteiger partial charge on any atom is -0.391 e. The minimum absolute atomic E-state index is 0.0390. The van der Waals surface area contributed by atoms with Gasteiger partial charge in [0.2, 0.25) is 0 Å². The van der Waals surface area contributed by atoms with E-state index >= 15 is 0 Å². The smallest absolute Gasteiger partial charge is 0.270 e. The van der Waals surface area contributed by atoms with Gasteiger partial charge >= 0.3 is 0 Å². The number of carbonyl (C=O) groups excluding carboxylic acids is 1. The zero-order chi connectivity index (χ0) is 17.6. The van der Waals surface area contributed by atoms with E-state index < -0.39 is 6.10 Å². The van der Waals surface area contributed by atoms with Gasteiger partial charge in [-0.05, 0) is 32.0 Å². The van der Waals surface area contributed by atoms with Gasteiger partial charge in [0.05, 0.1) is 11.8 Å². The molecule has 6 nitrogen and oxygen atoms in total. The average Bonchev–Trinajstić information content (AvgIpc) is 3.26. The standard InChI is InChI=1S/C19H21N3O3/c1-11-3-4-16-13(5-11)8-17(20-16)19(24)22-9-14(18(23)10-22)7-15-6-12(2)21-25-15/h3-6,8,14,18,20,23H,7,9-10H2,1-2H3/t14-,18+/m1/s1. The highest BCUT2D eigenvalue weighted by atomic mass is 16.5. The van der Waals surface area contributed by atoms with Gasteiger partial charge in [-0.15, -0.1) is 0 Å². The molecule has 1 aliphatic heterocycles. The van der Waals surface area contributed by atoms with E-state index in [9.17, 15) is 9.90 Å². The molecule has 3 aromatic rings. The summed E-state index contributed by atoms with van der Waals surface area (Å²) in [5.74, 6) is 0.629. The van der Waals surface area contributed by atoms with Crippen LogP contribution in [0.25, 0.3) is 10.9 Å². The SMILES string of the molecule is Cc1ccc2[nH]c(C(=O)N3C[C@@H](Cc4cc(C)no4)[C@@H](O)C3)cc2c1. The molecule has 25 heavy (non-hydrogen) atoms. The molecule has 130 valence electrons. The number of carbonyl (C=O) groups is 1. The van der Waals surface area contributed by atoms with Crippen LogP contribution >= 0.6 is 0 Å². The Labute approximate surface area is 145 Å². The highest BCUT2D eigenvalue weighted by Crippen LogP contribution is 2.25. The first kappa shape index (κ1) is 15.9. The number of benzene rings is 1. The van der Waals surface area contributed by atoms with E-state index in [0.717, 1.165) is 27.9 Å². The lowest BCUT2D eigenvalue weighted by Crippen LogP contribution is -2.29. The van der Waals surface area contributed by atoms with E-state index in [-0.39, 0.29) is 11.8 Å². The van der Waals surface area contributed by atoms with Crippen LogP contribution < -0.4 is 0 Å². The fraction of sp³-hybridized carbons (Fsp3) is 0.368. The van der Waals surface area contributed by atoms with Crippen LogP contribution in [0, 0.1) is 19.8 Å². The number of aromatic nitrogens is 2. The summed E-state index contributed by atoms with van der Waals surface area (Å²) in [7, 11) is 0. The lowest BCUT2D eigenvalue weighted by Gasteiger charge is -2.14. The number of likely N-dealkylation sites (tertiary alicyclic amines) is 1. The molecular weight excluding hydrogens is 318 g/mol. The van der Waals surface area contributed by atoms with E-state index in [0.29, 0.717) is 25.2 Å². The Hall–Kier alpha value is -2.60. The number of aromatic amines is 1. The van der Waals surface area contributed by atoms with Gasteiger partial charge < -0.3 is 19.5 Å². The molecule has 0 spiro atoms. The number of aliphatic hydroxyl groups excluding tert-OH is 1. The molecule has 0 aliphatic carbocycles. The zero-order valence-electron chi connectivity index (χ0n) is 14.3. The molecule has 1 aromatic carbocycles. The van der Waals surface area contributed by atoms with Gasteiger partial charge in [-0.25, -0.2) is 0 Å². The van der Waals surface area contributed by atoms with Crippen LogP contribution in [0.2, 0.25) is 0 Å². The van der Waals surface area contributed by atoms with Crippen LogP contribution in [0.5, 0.6) is 0 Å². The predicted octanol–water partition coefficient (Wildman–Crippen LogP) is 2.45. The van der Waals surface area contributed by atoms with Crippen LogP contribution in [0.3, 0.4) is 0 Å². The third-order valence-corrected chi connectivity index (χ3v) is 4.84. The van der Waals surface area contributed by atoms with Gasteiger partial charge in [-0.2, -0.15) is 0 Å². The van der Waals surface area contributed by atoms with Crippen molar-refractivity contribution in [3.8, 4) is 0 Å². The normalized spacial score (nSPS) is 20.5. The van der Waals surface area contributed by atoms with Crippen LogP contribution in [-0.2, 0) is 6.42 Å². The maximum atomic E-state index is 12.8. The molecule has 0 bridgehead atoms. The quantitative estimate of drug-likeness (QED) is 0.768. The van der Waals surface area contributed by atoms with Gasteiger partial charge in [0.25, 0.3) is 5.91 Å². The van der Waals surface area contributed by atoms with Crippen molar-refractivity contribution in [2.45, 2.75) is 26.4 Å². The number of nitrogens with zero attached hydrogens (tertiary/aromatic N) is 2. The van der Waals surface area contributed by atoms with Crippen LogP contribution in [0.4, 0.5) is 0 Å². The summed E-state index contributed by atoms with van der Waals surface area (Å²) in [6.45, 7) is 4.74. The topological polar surface area (TPSA) is 82.4 Å². The van der Waals surface area contributed by atoms with Crippen molar-refractivity contribution in [1.29, 1.82) is 0 Å². The summed E-state index contributed by atoms with van der Waals surface area (Å²) in [5.41, 5.74) is 3.49. The van der Waals surface area contributed by atoms with Crippen molar-refractivity contribution in [1.82, 2.24) is 15.0 Å². The lowest BCUT2D eigenvalue weighted by molar-refractivity contribution is 0.0760. The summed E-state index contributed by atoms with van der Waals surface area (Å²) in [4.78, 5) is 17.7. The minimum atomic E-state index is -0.555. The molecule has 1 fully saturated rings. The molecular formula is C19H21N3O3. The maximum absolute atomic E-state index is 12.8. The second-order valence-electron chi connectivity index (χ2n) is 6.95. The number of amides is 1. The number of nitrogens with one attached hydrogen (secondary N) is 1. The number of aliphatic hydroxyl groups is 1. The summed E-state index contributed by atoms with van der Waals surface area (Å²) in [5, 5.41) is 15.2. The monoisotopic (exact) mass is 339 g/mol. The molecule has 1 saturated heterocycles. The van der Waals surface area contributed by atoms with Gasteiger partial charge in [0, 0.05) is 42.4 Å². The van der Waals surface area contributed by atoms with Gasteiger partial charge in [-0.3, -0.25) is 4.79 Å². The molecule has 2 aromatic heterocycles. The van der Waals surface area contributed by atoms with Crippen molar-refractivity contribution < 1.29 is 14.4 Å². The summed E-state index contributed by atoms with van der Waals surface area (Å²) < 4.78 is 5.24. The Bertz CT molecular complexity index is 927. The van der Waals surface area contributed by atoms with E-state index in [1.165, 1.54) is 0 Å². The molecule has 0 radical (unpaired) electrons. The Kier molecular flexibility index (Phi) is 3.84. The van der Waals surface area contributed by atoms with Crippen molar-refractivity contribution in [2.24, 2.45) is 5.92 Å². The largest absolute Gasteiger partial charge is 0.391 e. The number of rotatable bonds is 3. The Morgan fingerprint density at radius 1 is 1.32 bits per heavy atom. The van der Waals surface area contributed by atoms with E-state index in [1.54, 1.807) is 4.90 Å². The second-order valence-corrected chi connectivity index (χ2v) is 6.95. The Morgan fingerprint density at radius 3 is 2.92 bits per heavy atom. The molecule has 1 aliphatic rings. The third-order valence-electron chi connectivity index (χ3n) is 4.84. The average molecular weight is 339 g/mol. The number of β-amino-alcohol motifs (C(OH)–C–C–N with tert-alkyl or cyclic N) is 1. The van der Waals surface area contributed by atoms with Gasteiger partial charge in [0.15, 0.2) is 0 Å². The zero-order valence-corrected chi connectivity index (χ0v) is 14.3. The van der Waals surface area contributed by atoms with E-state index in [1.807, 2.05) is 38.1 Å². The summed E-state index contributed by atoms with van der Waals surface area (Å²) in [6, 6.07) is 9.80. The molecule has 2 N–H and O–H groups in total. The first-order valence-corrected chi connectivity index (χ1v) is 8.48. The summed E-state index contributed by atoms with van der Waals surface area (Å²) >= 11 is 0. The van der Waals surface area contributed by atoms with Crippen LogP contribution in [0.1, 0.15) is 27.5 Å². The lowest BCUT2D eigenvalue weighted by atomic mass is 10.0. The van der Waals surface area contributed by atoms with Gasteiger partial charge in [-0.1, -0.05) is 16.8 Å². The molecule has 0 unspecified atom stereocenters. The van der Waals surface area contributed by atoms with E-state index in [2.05, 4.69) is 16.2 Å². The number of fused-ring (bicyclic) bond motifs is 1. The number of hydrogen-bond acceptors (Lipinski definition) is 4. The van der Waals surface area contributed by atoms with Crippen LogP contribution in [-0.4, -0.2) is 45.2 Å². The fourth-order valence-electron chi connectivity index (χ4n) is 3.53. The maximum Gasteiger partial charge on any atom is 0.270 e. The molecule has 0 saturated carbocycles.